The van der Waals surface area contributed by atoms with Crippen molar-refractivity contribution in [1.29, 1.82) is 0 Å². The zero-order valence-corrected chi connectivity index (χ0v) is 13.3. The molecule has 0 radical (unpaired) electrons. The summed E-state index contributed by atoms with van der Waals surface area (Å²) >= 11 is 0. The summed E-state index contributed by atoms with van der Waals surface area (Å²) in [5.74, 6) is 2.45. The Labute approximate surface area is 127 Å². The fraction of sp³-hybridized carbons (Fsp3) is 0.842. The third kappa shape index (κ3) is 1.77. The van der Waals surface area contributed by atoms with Crippen molar-refractivity contribution < 1.29 is 9.18 Å². The van der Waals surface area contributed by atoms with Crippen molar-refractivity contribution in [1.82, 2.24) is 0 Å². The molecule has 6 atom stereocenters. The summed E-state index contributed by atoms with van der Waals surface area (Å²) in [6, 6.07) is 0. The lowest BCUT2D eigenvalue weighted by molar-refractivity contribution is -0.131. The lowest BCUT2D eigenvalue weighted by Gasteiger charge is -2.56. The standard InChI is InChI=1S/C19H27FO/c1-18-9-7-13(20)11-12(18)3-4-14-15-5-6-17(21)19(15,2)10-8-16(14)18/h3,13-16H,4-11H2,1-2H3/t13-,14-,15-,16-,18-,19-/m0/s1. The number of rotatable bonds is 0. The maximum atomic E-state index is 13.8. The molecule has 21 heavy (non-hydrogen) atoms. The zero-order chi connectivity index (χ0) is 14.8. The van der Waals surface area contributed by atoms with E-state index >= 15 is 0 Å². The van der Waals surface area contributed by atoms with Crippen LogP contribution in [0.15, 0.2) is 11.6 Å². The van der Waals surface area contributed by atoms with Gasteiger partial charge in [-0.3, -0.25) is 4.79 Å². The number of alkyl halides is 1. The number of allylic oxidation sites excluding steroid dienone is 2. The van der Waals surface area contributed by atoms with Crippen molar-refractivity contribution in [2.24, 2.45) is 28.6 Å². The quantitative estimate of drug-likeness (QED) is 0.582. The first-order chi connectivity index (χ1) is 9.95. The molecule has 4 rings (SSSR count). The smallest absolute Gasteiger partial charge is 0.139 e. The Bertz CT molecular complexity index is 510. The molecule has 2 heteroatoms. The summed E-state index contributed by atoms with van der Waals surface area (Å²) in [6.07, 6.45) is 9.39. The molecule has 3 saturated carbocycles. The van der Waals surface area contributed by atoms with Gasteiger partial charge in [0.05, 0.1) is 0 Å². The Morgan fingerprint density at radius 1 is 1.10 bits per heavy atom. The van der Waals surface area contributed by atoms with E-state index in [1.165, 1.54) is 12.0 Å². The molecule has 0 aromatic rings. The highest BCUT2D eigenvalue weighted by Crippen LogP contribution is 2.64. The Balaban J connectivity index is 1.69. The Morgan fingerprint density at radius 3 is 2.62 bits per heavy atom. The monoisotopic (exact) mass is 290 g/mol. The second-order valence-corrected chi connectivity index (χ2v) is 8.52. The molecule has 0 heterocycles. The summed E-state index contributed by atoms with van der Waals surface area (Å²) in [7, 11) is 0. The number of hydrogen-bond donors (Lipinski definition) is 0. The first kappa shape index (κ1) is 14.0. The highest BCUT2D eigenvalue weighted by Gasteiger charge is 2.58. The Hall–Kier alpha value is -0.660. The van der Waals surface area contributed by atoms with Gasteiger partial charge in [-0.05, 0) is 61.7 Å². The largest absolute Gasteiger partial charge is 0.299 e. The van der Waals surface area contributed by atoms with E-state index in [1.54, 1.807) is 0 Å². The predicted molar refractivity (Wildman–Crippen MR) is 81.6 cm³/mol. The maximum Gasteiger partial charge on any atom is 0.139 e. The van der Waals surface area contributed by atoms with Crippen LogP contribution < -0.4 is 0 Å². The summed E-state index contributed by atoms with van der Waals surface area (Å²) in [6.45, 7) is 4.62. The number of Topliss-reactive ketones (excluding diaryl/α,β-unsaturated/α-hetero) is 1. The van der Waals surface area contributed by atoms with Gasteiger partial charge in [0.2, 0.25) is 0 Å². The van der Waals surface area contributed by atoms with Crippen molar-refractivity contribution in [2.45, 2.75) is 71.4 Å². The molecule has 0 amide bonds. The van der Waals surface area contributed by atoms with Crippen LogP contribution in [0.25, 0.3) is 0 Å². The van der Waals surface area contributed by atoms with Gasteiger partial charge in [0, 0.05) is 18.3 Å². The van der Waals surface area contributed by atoms with Crippen LogP contribution in [0.2, 0.25) is 0 Å². The fourth-order valence-electron chi connectivity index (χ4n) is 6.39. The number of carbonyl (C=O) groups is 1. The molecule has 0 aromatic heterocycles. The first-order valence-corrected chi connectivity index (χ1v) is 8.82. The lowest BCUT2D eigenvalue weighted by Crippen LogP contribution is -2.50. The molecule has 116 valence electrons. The van der Waals surface area contributed by atoms with Crippen LogP contribution >= 0.6 is 0 Å². The van der Waals surface area contributed by atoms with E-state index in [-0.39, 0.29) is 10.8 Å². The van der Waals surface area contributed by atoms with Crippen LogP contribution in [0.3, 0.4) is 0 Å². The van der Waals surface area contributed by atoms with Gasteiger partial charge in [0.15, 0.2) is 0 Å². The van der Waals surface area contributed by atoms with E-state index in [1.807, 2.05) is 0 Å². The fourth-order valence-corrected chi connectivity index (χ4v) is 6.39. The van der Waals surface area contributed by atoms with Gasteiger partial charge in [0.1, 0.15) is 12.0 Å². The normalized spacial score (nSPS) is 52.7. The lowest BCUT2D eigenvalue weighted by atomic mass is 9.48. The van der Waals surface area contributed by atoms with Crippen molar-refractivity contribution in [3.05, 3.63) is 11.6 Å². The minimum Gasteiger partial charge on any atom is -0.299 e. The Morgan fingerprint density at radius 2 is 1.81 bits per heavy atom. The molecule has 0 aromatic carbocycles. The van der Waals surface area contributed by atoms with Crippen LogP contribution in [0.4, 0.5) is 4.39 Å². The number of hydrogen-bond acceptors (Lipinski definition) is 1. The molecule has 0 spiro atoms. The molecule has 0 aliphatic heterocycles. The van der Waals surface area contributed by atoms with Crippen molar-refractivity contribution in [2.75, 3.05) is 0 Å². The van der Waals surface area contributed by atoms with Crippen molar-refractivity contribution in [3.63, 3.8) is 0 Å². The molecule has 0 bridgehead atoms. The van der Waals surface area contributed by atoms with Crippen LogP contribution in [-0.2, 0) is 4.79 Å². The number of ketones is 1. The summed E-state index contributed by atoms with van der Waals surface area (Å²) in [5, 5.41) is 0. The number of halogens is 1. The molecular formula is C19H27FO. The van der Waals surface area contributed by atoms with Gasteiger partial charge in [-0.25, -0.2) is 4.39 Å². The van der Waals surface area contributed by atoms with Gasteiger partial charge in [-0.15, -0.1) is 0 Å². The minimum absolute atomic E-state index is 0.0415. The topological polar surface area (TPSA) is 17.1 Å². The van der Waals surface area contributed by atoms with E-state index in [4.69, 9.17) is 0 Å². The van der Waals surface area contributed by atoms with Gasteiger partial charge < -0.3 is 0 Å². The third-order valence-electron chi connectivity index (χ3n) is 7.75. The average Bonchev–Trinajstić information content (AvgIpc) is 2.76. The number of fused-ring (bicyclic) bond motifs is 5. The van der Waals surface area contributed by atoms with Gasteiger partial charge in [0.25, 0.3) is 0 Å². The third-order valence-corrected chi connectivity index (χ3v) is 7.75. The molecule has 1 nitrogen and oxygen atoms in total. The van der Waals surface area contributed by atoms with Crippen molar-refractivity contribution >= 4 is 5.78 Å². The molecule has 0 saturated heterocycles. The van der Waals surface area contributed by atoms with Crippen LogP contribution in [0.5, 0.6) is 0 Å². The highest BCUT2D eigenvalue weighted by molar-refractivity contribution is 5.87. The van der Waals surface area contributed by atoms with Crippen molar-refractivity contribution in [3.8, 4) is 0 Å². The second kappa shape index (κ2) is 4.43. The average molecular weight is 290 g/mol. The van der Waals surface area contributed by atoms with E-state index in [0.717, 1.165) is 38.5 Å². The van der Waals surface area contributed by atoms with Gasteiger partial charge in [-0.1, -0.05) is 25.5 Å². The van der Waals surface area contributed by atoms with Crippen LogP contribution in [-0.4, -0.2) is 12.0 Å². The zero-order valence-electron chi connectivity index (χ0n) is 13.3. The van der Waals surface area contributed by atoms with Crippen LogP contribution in [0, 0.1) is 28.6 Å². The summed E-state index contributed by atoms with van der Waals surface area (Å²) in [5.41, 5.74) is 1.58. The SMILES string of the molecule is C[C@]12CC[C@H](F)CC1=CC[C@@H]1[C@@H]2CC[C@]2(C)C(=O)CC[C@@H]12. The maximum absolute atomic E-state index is 13.8. The number of carbonyl (C=O) groups excluding carboxylic acids is 1. The van der Waals surface area contributed by atoms with Gasteiger partial charge >= 0.3 is 0 Å². The van der Waals surface area contributed by atoms with E-state index in [0.29, 0.717) is 30.0 Å². The highest BCUT2D eigenvalue weighted by atomic mass is 19.1. The molecule has 0 N–H and O–H groups in total. The molecule has 4 aliphatic rings. The van der Waals surface area contributed by atoms with E-state index in [2.05, 4.69) is 19.9 Å². The molecule has 3 fully saturated rings. The Kier molecular flexibility index (Phi) is 2.94. The van der Waals surface area contributed by atoms with Gasteiger partial charge in [-0.2, -0.15) is 0 Å². The van der Waals surface area contributed by atoms with E-state index in [9.17, 15) is 9.18 Å². The van der Waals surface area contributed by atoms with Crippen LogP contribution in [0.1, 0.15) is 65.2 Å². The first-order valence-electron chi connectivity index (χ1n) is 8.82. The van der Waals surface area contributed by atoms with E-state index < -0.39 is 6.17 Å². The molecule has 4 aliphatic carbocycles. The summed E-state index contributed by atoms with van der Waals surface area (Å²) < 4.78 is 13.8. The molecule has 0 unspecified atom stereocenters. The summed E-state index contributed by atoms with van der Waals surface area (Å²) in [4.78, 5) is 12.3. The predicted octanol–water partition coefficient (Wildman–Crippen LogP) is 4.86. The second-order valence-electron chi connectivity index (χ2n) is 8.52. The molecular weight excluding hydrogens is 263 g/mol. The minimum atomic E-state index is -0.622.